The maximum Gasteiger partial charge on any atom is 0.256 e. The number of piperazine rings is 1. The molecule has 35 heavy (non-hydrogen) atoms. The maximum absolute atomic E-state index is 13.5. The van der Waals surface area contributed by atoms with E-state index in [1.807, 2.05) is 67.3 Å². The Morgan fingerprint density at radius 3 is 2.43 bits per heavy atom. The molecule has 2 amide bonds. The van der Waals surface area contributed by atoms with E-state index in [1.54, 1.807) is 0 Å². The first-order valence-corrected chi connectivity index (χ1v) is 12.7. The number of aromatic nitrogens is 1. The average molecular weight is 533 g/mol. The first-order chi connectivity index (χ1) is 16.7. The SMILES string of the molecule is Cc1[nH]c(C=C2C(=O)Nc3cccc(-c4ccc(Br)cc4)c32)c(C)c1C(=O)N1C[C@@H](C)N[C@@H](C)C1. The van der Waals surface area contributed by atoms with Crippen LogP contribution < -0.4 is 10.6 Å². The molecule has 0 radical (unpaired) electrons. The van der Waals surface area contributed by atoms with Crippen molar-refractivity contribution in [2.75, 3.05) is 18.4 Å². The summed E-state index contributed by atoms with van der Waals surface area (Å²) in [4.78, 5) is 31.8. The number of carbonyl (C=O) groups excluding carboxylic acids is 2. The Balaban J connectivity index is 1.55. The molecule has 3 aromatic rings. The van der Waals surface area contributed by atoms with E-state index in [4.69, 9.17) is 0 Å². The molecule has 2 aliphatic rings. The van der Waals surface area contributed by atoms with Gasteiger partial charge in [0.2, 0.25) is 0 Å². The van der Waals surface area contributed by atoms with Crippen LogP contribution in [0.15, 0.2) is 46.9 Å². The predicted molar refractivity (Wildman–Crippen MR) is 144 cm³/mol. The van der Waals surface area contributed by atoms with Crippen LogP contribution in [-0.4, -0.2) is 46.9 Å². The molecule has 2 atom stereocenters. The van der Waals surface area contributed by atoms with Gasteiger partial charge in [0.25, 0.3) is 11.8 Å². The number of hydrogen-bond donors (Lipinski definition) is 3. The molecule has 1 aromatic heterocycles. The highest BCUT2D eigenvalue weighted by atomic mass is 79.9. The van der Waals surface area contributed by atoms with Gasteiger partial charge < -0.3 is 20.5 Å². The third-order valence-electron chi connectivity index (χ3n) is 6.81. The Morgan fingerprint density at radius 2 is 1.74 bits per heavy atom. The van der Waals surface area contributed by atoms with E-state index in [0.717, 1.165) is 43.8 Å². The summed E-state index contributed by atoms with van der Waals surface area (Å²) >= 11 is 3.49. The molecule has 3 N–H and O–H groups in total. The van der Waals surface area contributed by atoms with Gasteiger partial charge in [-0.25, -0.2) is 0 Å². The maximum atomic E-state index is 13.5. The molecule has 0 saturated carbocycles. The van der Waals surface area contributed by atoms with E-state index in [1.165, 1.54) is 0 Å². The second-order valence-electron chi connectivity index (χ2n) is 9.59. The number of carbonyl (C=O) groups is 2. The molecule has 5 rings (SSSR count). The van der Waals surface area contributed by atoms with Crippen molar-refractivity contribution in [2.45, 2.75) is 39.8 Å². The number of nitrogens with one attached hydrogen (secondary N) is 3. The standard InChI is InChI=1S/C28H29BrN4O2/c1-15-13-33(14-16(2)30-15)28(35)25-17(3)24(31-18(25)4)12-22-26-21(19-8-10-20(29)11-9-19)6-5-7-23(26)32-27(22)34/h5-12,15-16,30-31H,13-14H2,1-4H3,(H,32,34)/t15-,16+. The van der Waals surface area contributed by atoms with E-state index in [-0.39, 0.29) is 23.9 Å². The molecule has 0 aliphatic carbocycles. The van der Waals surface area contributed by atoms with Crippen molar-refractivity contribution in [3.8, 4) is 11.1 Å². The number of nitrogens with zero attached hydrogens (tertiary/aromatic N) is 1. The van der Waals surface area contributed by atoms with Gasteiger partial charge in [0.1, 0.15) is 0 Å². The van der Waals surface area contributed by atoms with Crippen LogP contribution in [0, 0.1) is 13.8 Å². The topological polar surface area (TPSA) is 77.2 Å². The van der Waals surface area contributed by atoms with Gasteiger partial charge in [0.15, 0.2) is 0 Å². The van der Waals surface area contributed by atoms with Crippen molar-refractivity contribution in [2.24, 2.45) is 0 Å². The fourth-order valence-electron chi connectivity index (χ4n) is 5.29. The normalized spacial score (nSPS) is 20.8. The zero-order valence-corrected chi connectivity index (χ0v) is 21.9. The quantitative estimate of drug-likeness (QED) is 0.396. The fourth-order valence-corrected chi connectivity index (χ4v) is 5.56. The number of halogens is 1. The van der Waals surface area contributed by atoms with E-state index < -0.39 is 0 Å². The second kappa shape index (κ2) is 9.13. The lowest BCUT2D eigenvalue weighted by Crippen LogP contribution is -2.55. The summed E-state index contributed by atoms with van der Waals surface area (Å²) < 4.78 is 1.00. The minimum atomic E-state index is -0.145. The molecule has 0 bridgehead atoms. The van der Waals surface area contributed by atoms with Gasteiger partial charge in [0.05, 0.1) is 11.1 Å². The van der Waals surface area contributed by atoms with Gasteiger partial charge in [0, 0.05) is 52.3 Å². The Bertz CT molecular complexity index is 1350. The summed E-state index contributed by atoms with van der Waals surface area (Å²) in [6.07, 6.45) is 1.88. The summed E-state index contributed by atoms with van der Waals surface area (Å²) in [6, 6.07) is 14.5. The van der Waals surface area contributed by atoms with Crippen LogP contribution in [0.25, 0.3) is 22.8 Å². The molecule has 7 heteroatoms. The van der Waals surface area contributed by atoms with E-state index in [2.05, 4.69) is 45.4 Å². The van der Waals surface area contributed by atoms with Crippen molar-refractivity contribution in [1.82, 2.24) is 15.2 Å². The van der Waals surface area contributed by atoms with E-state index in [9.17, 15) is 9.59 Å². The first-order valence-electron chi connectivity index (χ1n) is 11.9. The van der Waals surface area contributed by atoms with Gasteiger partial charge in [-0.05, 0) is 68.7 Å². The Labute approximate surface area is 213 Å². The zero-order chi connectivity index (χ0) is 24.9. The summed E-state index contributed by atoms with van der Waals surface area (Å²) in [5, 5.41) is 6.48. The summed E-state index contributed by atoms with van der Waals surface area (Å²) in [6.45, 7) is 9.43. The summed E-state index contributed by atoms with van der Waals surface area (Å²) in [5.74, 6) is -0.109. The highest BCUT2D eigenvalue weighted by Crippen LogP contribution is 2.41. The van der Waals surface area contributed by atoms with Gasteiger partial charge >= 0.3 is 0 Å². The van der Waals surface area contributed by atoms with Crippen molar-refractivity contribution >= 4 is 45.1 Å². The molecule has 6 nitrogen and oxygen atoms in total. The Morgan fingerprint density at radius 1 is 1.06 bits per heavy atom. The summed E-state index contributed by atoms with van der Waals surface area (Å²) in [5.41, 5.74) is 7.44. The largest absolute Gasteiger partial charge is 0.358 e. The number of anilines is 1. The molecule has 3 heterocycles. The van der Waals surface area contributed by atoms with Gasteiger partial charge in [-0.2, -0.15) is 0 Å². The van der Waals surface area contributed by atoms with E-state index >= 15 is 0 Å². The highest BCUT2D eigenvalue weighted by molar-refractivity contribution is 9.10. The van der Waals surface area contributed by atoms with Crippen molar-refractivity contribution < 1.29 is 9.59 Å². The molecule has 2 aromatic carbocycles. The molecule has 0 unspecified atom stereocenters. The fraction of sp³-hybridized carbons (Fsp3) is 0.286. The first kappa shape index (κ1) is 23.6. The molecule has 180 valence electrons. The minimum absolute atomic E-state index is 0.0351. The third-order valence-corrected chi connectivity index (χ3v) is 7.33. The van der Waals surface area contributed by atoms with Crippen LogP contribution in [-0.2, 0) is 4.79 Å². The van der Waals surface area contributed by atoms with Gasteiger partial charge in [-0.1, -0.05) is 40.2 Å². The van der Waals surface area contributed by atoms with Gasteiger partial charge in [-0.15, -0.1) is 0 Å². The number of rotatable bonds is 3. The molecule has 2 aliphatic heterocycles. The van der Waals surface area contributed by atoms with Gasteiger partial charge in [-0.3, -0.25) is 9.59 Å². The molecular weight excluding hydrogens is 504 g/mol. The molecule has 1 fully saturated rings. The Hall–Kier alpha value is -3.16. The molecular formula is C28H29BrN4O2. The third kappa shape index (κ3) is 4.34. The minimum Gasteiger partial charge on any atom is -0.358 e. The highest BCUT2D eigenvalue weighted by Gasteiger charge is 2.31. The van der Waals surface area contributed by atoms with E-state index in [0.29, 0.717) is 24.2 Å². The van der Waals surface area contributed by atoms with Crippen molar-refractivity contribution in [1.29, 1.82) is 0 Å². The lowest BCUT2D eigenvalue weighted by atomic mass is 9.94. The van der Waals surface area contributed by atoms with Crippen molar-refractivity contribution in [3.63, 3.8) is 0 Å². The van der Waals surface area contributed by atoms with Crippen LogP contribution in [0.1, 0.15) is 46.7 Å². The smallest absolute Gasteiger partial charge is 0.256 e. The number of aryl methyl sites for hydroxylation is 1. The van der Waals surface area contributed by atoms with Crippen LogP contribution in [0.4, 0.5) is 5.69 Å². The monoisotopic (exact) mass is 532 g/mol. The molecule has 1 saturated heterocycles. The number of amides is 2. The Kier molecular flexibility index (Phi) is 6.15. The van der Waals surface area contributed by atoms with Crippen LogP contribution >= 0.6 is 15.9 Å². The predicted octanol–water partition coefficient (Wildman–Crippen LogP) is 5.38. The number of aromatic amines is 1. The number of hydrogen-bond acceptors (Lipinski definition) is 3. The number of benzene rings is 2. The zero-order valence-electron chi connectivity index (χ0n) is 20.3. The summed E-state index contributed by atoms with van der Waals surface area (Å²) in [7, 11) is 0. The van der Waals surface area contributed by atoms with Crippen LogP contribution in [0.3, 0.4) is 0 Å². The van der Waals surface area contributed by atoms with Crippen LogP contribution in [0.5, 0.6) is 0 Å². The number of fused-ring (bicyclic) bond motifs is 1. The second-order valence-corrected chi connectivity index (χ2v) is 10.5. The van der Waals surface area contributed by atoms with Crippen molar-refractivity contribution in [3.05, 3.63) is 75.0 Å². The average Bonchev–Trinajstić information content (AvgIpc) is 3.28. The lowest BCUT2D eigenvalue weighted by Gasteiger charge is -2.36. The number of H-pyrrole nitrogens is 1. The lowest BCUT2D eigenvalue weighted by molar-refractivity contribution is -0.110. The van der Waals surface area contributed by atoms with Crippen LogP contribution in [0.2, 0.25) is 0 Å². The molecule has 0 spiro atoms.